The zero-order valence-corrected chi connectivity index (χ0v) is 18.5. The molecule has 8 nitrogen and oxygen atoms in total. The Morgan fingerprint density at radius 2 is 1.93 bits per heavy atom. The van der Waals surface area contributed by atoms with E-state index < -0.39 is 0 Å². The van der Waals surface area contributed by atoms with Gasteiger partial charge in [0.05, 0.1) is 17.3 Å². The summed E-state index contributed by atoms with van der Waals surface area (Å²) in [6.07, 6.45) is 6.66. The normalized spacial score (nSPS) is 10.5. The summed E-state index contributed by atoms with van der Waals surface area (Å²) in [6, 6.07) is 7.56. The van der Waals surface area contributed by atoms with Crippen LogP contribution in [0, 0.1) is 0 Å². The van der Waals surface area contributed by atoms with Crippen LogP contribution in [0.2, 0.25) is 5.02 Å². The first-order valence-electron chi connectivity index (χ1n) is 9.12. The molecule has 3 rings (SSSR count). The molecule has 0 spiro atoms. The number of rotatable bonds is 8. The Hall–Kier alpha value is -2.91. The summed E-state index contributed by atoms with van der Waals surface area (Å²) in [5.41, 5.74) is 2.26. The van der Waals surface area contributed by atoms with E-state index in [1.807, 2.05) is 43.5 Å². The van der Waals surface area contributed by atoms with Gasteiger partial charge in [-0.25, -0.2) is 19.9 Å². The van der Waals surface area contributed by atoms with Crippen molar-refractivity contribution in [3.63, 3.8) is 0 Å². The first kappa shape index (κ1) is 21.8. The van der Waals surface area contributed by atoms with Crippen LogP contribution in [0.25, 0.3) is 0 Å². The summed E-state index contributed by atoms with van der Waals surface area (Å²) in [6.45, 7) is 0.672. The fourth-order valence-corrected chi connectivity index (χ4v) is 3.36. The highest BCUT2D eigenvalue weighted by atomic mass is 35.5. The Kier molecular flexibility index (Phi) is 7.42. The minimum absolute atomic E-state index is 0.213. The Morgan fingerprint density at radius 3 is 2.60 bits per heavy atom. The lowest BCUT2D eigenvalue weighted by Gasteiger charge is -2.16. The number of amides is 1. The number of nitrogens with zero attached hydrogens (tertiary/aromatic N) is 5. The Morgan fingerprint density at radius 1 is 1.17 bits per heavy atom. The zero-order chi connectivity index (χ0) is 21.5. The van der Waals surface area contributed by atoms with E-state index in [0.29, 0.717) is 33.9 Å². The first-order chi connectivity index (χ1) is 14.5. The van der Waals surface area contributed by atoms with Crippen LogP contribution in [0.15, 0.2) is 48.0 Å². The second-order valence-electron chi connectivity index (χ2n) is 6.50. The molecule has 0 unspecified atom stereocenters. The van der Waals surface area contributed by atoms with Crippen molar-refractivity contribution in [2.75, 3.05) is 30.6 Å². The third-order valence-corrected chi connectivity index (χ3v) is 5.04. The molecule has 156 valence electrons. The van der Waals surface area contributed by atoms with E-state index in [2.05, 4.69) is 30.6 Å². The monoisotopic (exact) mass is 443 g/mol. The van der Waals surface area contributed by atoms with Gasteiger partial charge in [-0.05, 0) is 30.0 Å². The van der Waals surface area contributed by atoms with Gasteiger partial charge in [0.25, 0.3) is 5.91 Å². The van der Waals surface area contributed by atoms with Gasteiger partial charge < -0.3 is 15.5 Å². The number of nitrogens with one attached hydrogen (secondary N) is 2. The maximum Gasteiger partial charge on any atom is 0.256 e. The number of anilines is 2. The smallest absolute Gasteiger partial charge is 0.256 e. The summed E-state index contributed by atoms with van der Waals surface area (Å²) in [7, 11) is 3.88. The molecule has 10 heteroatoms. The lowest BCUT2D eigenvalue weighted by Crippen LogP contribution is -2.25. The Balaban J connectivity index is 1.74. The van der Waals surface area contributed by atoms with Crippen molar-refractivity contribution in [1.82, 2.24) is 25.3 Å². The summed E-state index contributed by atoms with van der Waals surface area (Å²) in [5.74, 6) is 0.671. The molecule has 2 heterocycles. The van der Waals surface area contributed by atoms with Gasteiger partial charge in [-0.2, -0.15) is 0 Å². The van der Waals surface area contributed by atoms with Crippen LogP contribution in [0.5, 0.6) is 0 Å². The van der Waals surface area contributed by atoms with Crippen LogP contribution >= 0.6 is 23.4 Å². The minimum atomic E-state index is -0.307. The molecule has 1 amide bonds. The summed E-state index contributed by atoms with van der Waals surface area (Å²) < 4.78 is 0. The van der Waals surface area contributed by atoms with Crippen LogP contribution < -0.4 is 15.5 Å². The molecule has 2 N–H and O–H groups in total. The molecule has 0 saturated heterocycles. The third-order valence-electron chi connectivity index (χ3n) is 4.17. The quantitative estimate of drug-likeness (QED) is 0.404. The topological polar surface area (TPSA) is 95.9 Å². The van der Waals surface area contributed by atoms with Gasteiger partial charge in [0, 0.05) is 39.2 Å². The molecule has 0 aliphatic carbocycles. The Bertz CT molecular complexity index is 1020. The van der Waals surface area contributed by atoms with Crippen LogP contribution in [-0.4, -0.2) is 46.2 Å². The fraction of sp³-hybridized carbons (Fsp3) is 0.250. The number of hydrogen-bond donors (Lipinski definition) is 2. The van der Waals surface area contributed by atoms with E-state index >= 15 is 0 Å². The molecular formula is C20H22ClN7OS. The van der Waals surface area contributed by atoms with Gasteiger partial charge in [0.2, 0.25) is 0 Å². The number of aromatic nitrogens is 4. The lowest BCUT2D eigenvalue weighted by molar-refractivity contribution is 0.0949. The van der Waals surface area contributed by atoms with E-state index in [0.717, 1.165) is 11.3 Å². The van der Waals surface area contributed by atoms with Crippen molar-refractivity contribution in [2.45, 2.75) is 18.2 Å². The maximum absolute atomic E-state index is 12.7. The van der Waals surface area contributed by atoms with Crippen LogP contribution in [0.4, 0.5) is 11.5 Å². The molecule has 1 aromatic carbocycles. The molecular weight excluding hydrogens is 422 g/mol. The average molecular weight is 444 g/mol. The maximum atomic E-state index is 12.7. The number of carbonyl (C=O) groups is 1. The van der Waals surface area contributed by atoms with E-state index in [9.17, 15) is 4.79 Å². The summed E-state index contributed by atoms with van der Waals surface area (Å²) in [4.78, 5) is 31.6. The zero-order valence-electron chi connectivity index (χ0n) is 16.9. The highest BCUT2D eigenvalue weighted by molar-refractivity contribution is 7.98. The van der Waals surface area contributed by atoms with Gasteiger partial charge >= 0.3 is 0 Å². The molecule has 2 aromatic heterocycles. The molecule has 0 fully saturated rings. The van der Waals surface area contributed by atoms with Gasteiger partial charge in [-0.15, -0.1) is 0 Å². The number of thioether (sulfide) groups is 1. The SMILES string of the molecule is CSc1ncc(C(=O)NCc2ncccn2)c(NCc2ccc(N(C)C)c(Cl)c2)n1. The highest BCUT2D eigenvalue weighted by Gasteiger charge is 2.15. The summed E-state index contributed by atoms with van der Waals surface area (Å²) >= 11 is 7.76. The van der Waals surface area contributed by atoms with E-state index in [4.69, 9.17) is 11.6 Å². The molecule has 0 aliphatic rings. The third kappa shape index (κ3) is 5.58. The van der Waals surface area contributed by atoms with Crippen molar-refractivity contribution in [2.24, 2.45) is 0 Å². The lowest BCUT2D eigenvalue weighted by atomic mass is 10.2. The number of benzene rings is 1. The van der Waals surface area contributed by atoms with Crippen LogP contribution in [0.1, 0.15) is 21.7 Å². The standard InChI is InChI=1S/C20H22ClN7OS/c1-28(2)16-6-5-13(9-15(16)21)10-24-18-14(11-26-20(27-18)30-3)19(29)25-12-17-22-7-4-8-23-17/h4-9,11H,10,12H2,1-3H3,(H,25,29)(H,24,26,27). The van der Waals surface area contributed by atoms with E-state index in [1.54, 1.807) is 18.5 Å². The van der Waals surface area contributed by atoms with E-state index in [-0.39, 0.29) is 12.5 Å². The Labute approximate surface area is 184 Å². The summed E-state index contributed by atoms with van der Waals surface area (Å²) in [5, 5.41) is 7.26. The molecule has 0 bridgehead atoms. The number of halogens is 1. The molecule has 0 aliphatic heterocycles. The average Bonchev–Trinajstić information content (AvgIpc) is 2.76. The predicted molar refractivity (Wildman–Crippen MR) is 120 cm³/mol. The van der Waals surface area contributed by atoms with Crippen LogP contribution in [-0.2, 0) is 13.1 Å². The predicted octanol–water partition coefficient (Wildman–Crippen LogP) is 3.25. The van der Waals surface area contributed by atoms with Crippen LogP contribution in [0.3, 0.4) is 0 Å². The van der Waals surface area contributed by atoms with Gasteiger partial charge in [0.1, 0.15) is 17.2 Å². The van der Waals surface area contributed by atoms with Gasteiger partial charge in [-0.3, -0.25) is 4.79 Å². The van der Waals surface area contributed by atoms with Gasteiger partial charge in [-0.1, -0.05) is 29.4 Å². The van der Waals surface area contributed by atoms with Crippen molar-refractivity contribution in [1.29, 1.82) is 0 Å². The second-order valence-corrected chi connectivity index (χ2v) is 7.68. The van der Waals surface area contributed by atoms with Crippen molar-refractivity contribution >= 4 is 40.8 Å². The first-order valence-corrected chi connectivity index (χ1v) is 10.7. The fourth-order valence-electron chi connectivity index (χ4n) is 2.65. The minimum Gasteiger partial charge on any atom is -0.376 e. The number of hydrogen-bond acceptors (Lipinski definition) is 8. The van der Waals surface area contributed by atoms with Crippen molar-refractivity contribution in [3.8, 4) is 0 Å². The largest absolute Gasteiger partial charge is 0.376 e. The molecule has 0 radical (unpaired) electrons. The molecule has 0 atom stereocenters. The van der Waals surface area contributed by atoms with E-state index in [1.165, 1.54) is 18.0 Å². The molecule has 0 saturated carbocycles. The molecule has 3 aromatic rings. The van der Waals surface area contributed by atoms with Gasteiger partial charge in [0.15, 0.2) is 5.16 Å². The number of carbonyl (C=O) groups excluding carboxylic acids is 1. The van der Waals surface area contributed by atoms with Crippen molar-refractivity contribution < 1.29 is 4.79 Å². The molecule has 30 heavy (non-hydrogen) atoms. The highest BCUT2D eigenvalue weighted by Crippen LogP contribution is 2.26. The second kappa shape index (κ2) is 10.2. The van der Waals surface area contributed by atoms with Crippen molar-refractivity contribution in [3.05, 3.63) is 64.8 Å².